The van der Waals surface area contributed by atoms with Crippen LogP contribution < -0.4 is 0 Å². The van der Waals surface area contributed by atoms with Gasteiger partial charge in [-0.25, -0.2) is 4.39 Å². The number of hydrogen-bond acceptors (Lipinski definition) is 1. The molecule has 106 valence electrons. The van der Waals surface area contributed by atoms with Gasteiger partial charge in [0.15, 0.2) is 0 Å². The molecule has 0 fully saturated rings. The van der Waals surface area contributed by atoms with Gasteiger partial charge in [-0.05, 0) is 31.9 Å². The topological polar surface area (TPSA) is 20.3 Å². The SMILES string of the molecule is CCC(CC)N(CCBr)C(=O)c1cc(C)ccc1F. The smallest absolute Gasteiger partial charge is 0.257 e. The van der Waals surface area contributed by atoms with Crippen molar-refractivity contribution in [2.45, 2.75) is 39.7 Å². The van der Waals surface area contributed by atoms with Crippen LogP contribution in [0.15, 0.2) is 18.2 Å². The second-order valence-electron chi connectivity index (χ2n) is 4.64. The van der Waals surface area contributed by atoms with Crippen molar-refractivity contribution < 1.29 is 9.18 Å². The van der Waals surface area contributed by atoms with E-state index < -0.39 is 5.82 Å². The molecule has 0 aliphatic heterocycles. The highest BCUT2D eigenvalue weighted by molar-refractivity contribution is 9.09. The van der Waals surface area contributed by atoms with Gasteiger partial charge in [0.05, 0.1) is 5.56 Å². The summed E-state index contributed by atoms with van der Waals surface area (Å²) in [5.74, 6) is -0.657. The molecule has 0 aliphatic carbocycles. The first kappa shape index (κ1) is 16.2. The van der Waals surface area contributed by atoms with E-state index in [1.165, 1.54) is 6.07 Å². The number of benzene rings is 1. The quantitative estimate of drug-likeness (QED) is 0.717. The summed E-state index contributed by atoms with van der Waals surface area (Å²) < 4.78 is 13.8. The molecule has 0 spiro atoms. The van der Waals surface area contributed by atoms with Crippen molar-refractivity contribution in [1.82, 2.24) is 4.90 Å². The number of alkyl halides is 1. The molecule has 0 aliphatic rings. The van der Waals surface area contributed by atoms with E-state index in [1.54, 1.807) is 17.0 Å². The van der Waals surface area contributed by atoms with Gasteiger partial charge in [0.2, 0.25) is 0 Å². The third kappa shape index (κ3) is 4.03. The predicted molar refractivity (Wildman–Crippen MR) is 80.3 cm³/mol. The normalized spacial score (nSPS) is 10.8. The van der Waals surface area contributed by atoms with Crippen molar-refractivity contribution in [3.8, 4) is 0 Å². The van der Waals surface area contributed by atoms with E-state index in [1.807, 2.05) is 6.92 Å². The Hall–Kier alpha value is -0.900. The maximum Gasteiger partial charge on any atom is 0.257 e. The van der Waals surface area contributed by atoms with Crippen LogP contribution in [0, 0.1) is 12.7 Å². The number of aryl methyl sites for hydroxylation is 1. The molecule has 0 bridgehead atoms. The van der Waals surface area contributed by atoms with Crippen molar-refractivity contribution in [3.63, 3.8) is 0 Å². The lowest BCUT2D eigenvalue weighted by Gasteiger charge is -2.30. The van der Waals surface area contributed by atoms with Crippen LogP contribution in [0.4, 0.5) is 4.39 Å². The Morgan fingerprint density at radius 1 is 1.37 bits per heavy atom. The molecule has 0 radical (unpaired) electrons. The van der Waals surface area contributed by atoms with Crippen LogP contribution >= 0.6 is 15.9 Å². The molecule has 0 unspecified atom stereocenters. The maximum atomic E-state index is 13.8. The average molecular weight is 330 g/mol. The number of rotatable bonds is 6. The molecule has 1 rings (SSSR count). The molecule has 0 heterocycles. The zero-order valence-electron chi connectivity index (χ0n) is 11.7. The molecule has 2 nitrogen and oxygen atoms in total. The van der Waals surface area contributed by atoms with Crippen molar-refractivity contribution in [2.24, 2.45) is 0 Å². The van der Waals surface area contributed by atoms with E-state index in [9.17, 15) is 9.18 Å². The number of halogens is 2. The van der Waals surface area contributed by atoms with E-state index in [0.29, 0.717) is 11.9 Å². The van der Waals surface area contributed by atoms with Gasteiger partial charge in [0, 0.05) is 17.9 Å². The molecule has 1 aromatic rings. The van der Waals surface area contributed by atoms with Crippen molar-refractivity contribution in [3.05, 3.63) is 35.1 Å². The molecular formula is C15H21BrFNO. The largest absolute Gasteiger partial charge is 0.335 e. The summed E-state index contributed by atoms with van der Waals surface area (Å²) in [6, 6.07) is 4.83. The predicted octanol–water partition coefficient (Wildman–Crippen LogP) is 4.16. The number of carbonyl (C=O) groups excluding carboxylic acids is 1. The van der Waals surface area contributed by atoms with Crippen molar-refractivity contribution in [1.29, 1.82) is 0 Å². The maximum absolute atomic E-state index is 13.8. The lowest BCUT2D eigenvalue weighted by molar-refractivity contribution is 0.0678. The molecule has 0 N–H and O–H groups in total. The molecule has 1 amide bonds. The van der Waals surface area contributed by atoms with Gasteiger partial charge in [0.1, 0.15) is 5.82 Å². The third-order valence-electron chi connectivity index (χ3n) is 3.32. The standard InChI is InChI=1S/C15H21BrFNO/c1-4-12(5-2)18(9-8-16)15(19)13-10-11(3)6-7-14(13)17/h6-7,10,12H,4-5,8-9H2,1-3H3. The van der Waals surface area contributed by atoms with Gasteiger partial charge in [-0.1, -0.05) is 41.4 Å². The van der Waals surface area contributed by atoms with Crippen LogP contribution in [0.1, 0.15) is 42.6 Å². The monoisotopic (exact) mass is 329 g/mol. The fourth-order valence-corrected chi connectivity index (χ4v) is 2.61. The number of nitrogens with zero attached hydrogens (tertiary/aromatic N) is 1. The Morgan fingerprint density at radius 2 is 2.00 bits per heavy atom. The summed E-state index contributed by atoms with van der Waals surface area (Å²) in [4.78, 5) is 14.3. The van der Waals surface area contributed by atoms with Gasteiger partial charge >= 0.3 is 0 Å². The van der Waals surface area contributed by atoms with E-state index >= 15 is 0 Å². The Bertz CT molecular complexity index is 432. The van der Waals surface area contributed by atoms with E-state index in [2.05, 4.69) is 29.8 Å². The van der Waals surface area contributed by atoms with Crippen LogP contribution in [0.25, 0.3) is 0 Å². The van der Waals surface area contributed by atoms with E-state index in [0.717, 1.165) is 18.4 Å². The molecule has 0 saturated carbocycles. The highest BCUT2D eigenvalue weighted by atomic mass is 79.9. The minimum absolute atomic E-state index is 0.157. The van der Waals surface area contributed by atoms with E-state index in [4.69, 9.17) is 0 Å². The fraction of sp³-hybridized carbons (Fsp3) is 0.533. The minimum atomic E-state index is -0.443. The third-order valence-corrected chi connectivity index (χ3v) is 3.68. The summed E-state index contributed by atoms with van der Waals surface area (Å²) in [5, 5.41) is 0.697. The summed E-state index contributed by atoms with van der Waals surface area (Å²) in [6.45, 7) is 6.56. The number of carbonyl (C=O) groups is 1. The van der Waals surface area contributed by atoms with E-state index in [-0.39, 0.29) is 17.5 Å². The second-order valence-corrected chi connectivity index (χ2v) is 5.43. The number of amides is 1. The molecule has 0 atom stereocenters. The van der Waals surface area contributed by atoms with Crippen LogP contribution in [0.3, 0.4) is 0 Å². The molecule has 19 heavy (non-hydrogen) atoms. The van der Waals surface area contributed by atoms with Gasteiger partial charge in [-0.3, -0.25) is 4.79 Å². The Balaban J connectivity index is 3.08. The summed E-state index contributed by atoms with van der Waals surface area (Å²) >= 11 is 3.36. The summed E-state index contributed by atoms with van der Waals surface area (Å²) in [7, 11) is 0. The first-order valence-corrected chi connectivity index (χ1v) is 7.80. The molecule has 1 aromatic carbocycles. The molecule has 4 heteroatoms. The van der Waals surface area contributed by atoms with Crippen LogP contribution in [0.5, 0.6) is 0 Å². The first-order valence-electron chi connectivity index (χ1n) is 6.68. The lowest BCUT2D eigenvalue weighted by Crippen LogP contribution is -2.41. The Morgan fingerprint density at radius 3 is 2.53 bits per heavy atom. The molecular weight excluding hydrogens is 309 g/mol. The first-order chi connectivity index (χ1) is 9.04. The van der Waals surface area contributed by atoms with Crippen LogP contribution in [0.2, 0.25) is 0 Å². The molecule has 0 saturated heterocycles. The van der Waals surface area contributed by atoms with Crippen LogP contribution in [-0.4, -0.2) is 28.7 Å². The molecule has 0 aromatic heterocycles. The van der Waals surface area contributed by atoms with Gasteiger partial charge < -0.3 is 4.90 Å². The van der Waals surface area contributed by atoms with Crippen molar-refractivity contribution >= 4 is 21.8 Å². The Labute approximate surface area is 123 Å². The minimum Gasteiger partial charge on any atom is -0.335 e. The van der Waals surface area contributed by atoms with Gasteiger partial charge in [0.25, 0.3) is 5.91 Å². The summed E-state index contributed by atoms with van der Waals surface area (Å²) in [5.41, 5.74) is 1.07. The zero-order valence-corrected chi connectivity index (χ0v) is 13.3. The zero-order chi connectivity index (χ0) is 14.4. The second kappa shape index (κ2) is 7.63. The van der Waals surface area contributed by atoms with Gasteiger partial charge in [-0.15, -0.1) is 0 Å². The number of hydrogen-bond donors (Lipinski definition) is 0. The average Bonchev–Trinajstić information content (AvgIpc) is 2.41. The van der Waals surface area contributed by atoms with Gasteiger partial charge in [-0.2, -0.15) is 0 Å². The fourth-order valence-electron chi connectivity index (χ4n) is 2.23. The highest BCUT2D eigenvalue weighted by Crippen LogP contribution is 2.17. The lowest BCUT2D eigenvalue weighted by atomic mass is 10.1. The Kier molecular flexibility index (Phi) is 6.49. The summed E-state index contributed by atoms with van der Waals surface area (Å²) in [6.07, 6.45) is 1.76. The van der Waals surface area contributed by atoms with Crippen LogP contribution in [-0.2, 0) is 0 Å². The highest BCUT2D eigenvalue weighted by Gasteiger charge is 2.24. The van der Waals surface area contributed by atoms with Crippen molar-refractivity contribution in [2.75, 3.05) is 11.9 Å².